The van der Waals surface area contributed by atoms with Crippen molar-refractivity contribution in [2.75, 3.05) is 13.1 Å². The summed E-state index contributed by atoms with van der Waals surface area (Å²) in [4.78, 5) is 23.4. The number of carbonyl (C=O) groups excluding carboxylic acids is 2. The van der Waals surface area contributed by atoms with Crippen molar-refractivity contribution in [3.05, 3.63) is 0 Å². The lowest BCUT2D eigenvalue weighted by Gasteiger charge is -2.51. The van der Waals surface area contributed by atoms with E-state index >= 15 is 0 Å². The Morgan fingerprint density at radius 3 is 0.667 bits per heavy atom. The molecule has 4 nitrogen and oxygen atoms in total. The van der Waals surface area contributed by atoms with Gasteiger partial charge in [0, 0.05) is 13.1 Å². The molecule has 0 bridgehead atoms. The lowest BCUT2D eigenvalue weighted by atomic mass is 9.71. The maximum Gasteiger partial charge on any atom is 0.384 e. The van der Waals surface area contributed by atoms with Crippen molar-refractivity contribution in [1.29, 1.82) is 0 Å². The predicted molar refractivity (Wildman–Crippen MR) is 111 cm³/mol. The van der Waals surface area contributed by atoms with E-state index in [4.69, 9.17) is 0 Å². The molecule has 0 atom stereocenters. The lowest BCUT2D eigenvalue weighted by Crippen LogP contribution is -2.86. The van der Waals surface area contributed by atoms with E-state index in [1.54, 1.807) is 0 Å². The summed E-state index contributed by atoms with van der Waals surface area (Å²) in [5, 5.41) is 1.70. The van der Waals surface area contributed by atoms with Gasteiger partial charge in [-0.25, -0.2) is 8.78 Å². The number of hydrogen-bond donors (Lipinski definition) is 2. The number of unbranched alkanes of at least 4 members (excludes halogenated alkanes) is 5. The molecule has 2 N–H and O–H groups in total. The van der Waals surface area contributed by atoms with Crippen LogP contribution in [0.3, 0.4) is 0 Å². The Morgan fingerprint density at radius 1 is 0.292 bits per heavy atom. The van der Waals surface area contributed by atoms with Crippen molar-refractivity contribution < 1.29 is 106 Å². The molecule has 2 rings (SSSR count). The molecule has 0 aromatic rings. The van der Waals surface area contributed by atoms with E-state index in [2.05, 4.69) is 0 Å². The van der Waals surface area contributed by atoms with Gasteiger partial charge in [-0.05, 0) is 12.8 Å². The second kappa shape index (κ2) is 11.5. The second-order valence-corrected chi connectivity index (χ2v) is 10.7. The third-order valence-corrected chi connectivity index (χ3v) is 7.69. The number of carbonyl (C=O) groups is 2. The average molecular weight is 760 g/mol. The van der Waals surface area contributed by atoms with Crippen LogP contribution in [-0.2, 0) is 9.59 Å². The second-order valence-electron chi connectivity index (χ2n) is 10.7. The molecule has 0 unspecified atom stereocenters. The molecule has 48 heavy (non-hydrogen) atoms. The molecule has 0 radical (unpaired) electrons. The molecule has 282 valence electrons. The number of amides is 2. The number of alkyl halides is 22. The topological polar surface area (TPSA) is 58.2 Å². The van der Waals surface area contributed by atoms with Gasteiger partial charge in [0.05, 0.1) is 0 Å². The van der Waals surface area contributed by atoms with Gasteiger partial charge >= 0.3 is 70.6 Å². The van der Waals surface area contributed by atoms with Crippen LogP contribution in [0.25, 0.3) is 0 Å². The first-order chi connectivity index (χ1) is 21.0. The molecule has 2 aliphatic rings. The van der Waals surface area contributed by atoms with Crippen molar-refractivity contribution in [2.45, 2.75) is 109 Å². The summed E-state index contributed by atoms with van der Waals surface area (Å²) in [6.07, 6.45) is -2.13. The van der Waals surface area contributed by atoms with Crippen LogP contribution < -0.4 is 10.6 Å². The zero-order valence-electron chi connectivity index (χ0n) is 22.8. The van der Waals surface area contributed by atoms with E-state index in [0.29, 0.717) is 0 Å². The predicted octanol–water partition coefficient (Wildman–Crippen LogP) is 7.36. The van der Waals surface area contributed by atoms with Gasteiger partial charge < -0.3 is 10.6 Å². The highest BCUT2D eigenvalue weighted by molar-refractivity contribution is 5.89. The standard InChI is InChI=1S/C22H18F22N2O2/c23-11(13(25,26)17(33,34)21(41,42)18(35,36)14(11,27)28)9(47)45-7-5-3-1-2-4-6-8-46-10(48)12(24)15(29,30)19(37,38)22(43,44)20(39,40)16(12,31)32/h1-8H2,(H,45,47)(H,46,48). The van der Waals surface area contributed by atoms with Crippen LogP contribution in [0.5, 0.6) is 0 Å². The average Bonchev–Trinajstić information content (AvgIpc) is 2.94. The van der Waals surface area contributed by atoms with Crippen molar-refractivity contribution in [1.82, 2.24) is 10.6 Å². The summed E-state index contributed by atoms with van der Waals surface area (Å²) in [5.74, 6) is -81.7. The minimum Gasteiger partial charge on any atom is -0.353 e. The summed E-state index contributed by atoms with van der Waals surface area (Å²) >= 11 is 0. The van der Waals surface area contributed by atoms with E-state index in [1.165, 1.54) is 0 Å². The molecule has 0 aromatic heterocycles. The lowest BCUT2D eigenvalue weighted by molar-refractivity contribution is -0.476. The van der Waals surface area contributed by atoms with Crippen LogP contribution in [0.15, 0.2) is 0 Å². The maximum atomic E-state index is 14.5. The summed E-state index contributed by atoms with van der Waals surface area (Å²) in [6.45, 7) is -2.43. The van der Waals surface area contributed by atoms with Crippen LogP contribution in [0.4, 0.5) is 96.6 Å². The molecule has 0 saturated heterocycles. The summed E-state index contributed by atoms with van der Waals surface area (Å²) in [6, 6.07) is 0. The Labute approximate surface area is 251 Å². The van der Waals surface area contributed by atoms with E-state index in [-0.39, 0.29) is 25.7 Å². The number of nitrogens with one attached hydrogen (secondary N) is 2. The van der Waals surface area contributed by atoms with Gasteiger partial charge in [-0.1, -0.05) is 25.7 Å². The third-order valence-electron chi connectivity index (χ3n) is 7.69. The molecule has 2 fully saturated rings. The Bertz CT molecular complexity index is 1090. The molecule has 0 aliphatic heterocycles. The van der Waals surface area contributed by atoms with E-state index in [1.807, 2.05) is 0 Å². The minimum absolute atomic E-state index is 0.171. The first-order valence-electron chi connectivity index (χ1n) is 12.8. The van der Waals surface area contributed by atoms with Crippen molar-refractivity contribution in [2.24, 2.45) is 0 Å². The normalized spacial score (nSPS) is 28.5. The fourth-order valence-electron chi connectivity index (χ4n) is 4.62. The summed E-state index contributed by atoms with van der Waals surface area (Å²) < 4.78 is 300. The smallest absolute Gasteiger partial charge is 0.353 e. The fourth-order valence-corrected chi connectivity index (χ4v) is 4.62. The van der Waals surface area contributed by atoms with Gasteiger partial charge in [0.2, 0.25) is 0 Å². The van der Waals surface area contributed by atoms with Gasteiger partial charge in [0.25, 0.3) is 11.8 Å². The zero-order valence-corrected chi connectivity index (χ0v) is 22.8. The first-order valence-corrected chi connectivity index (χ1v) is 12.8. The maximum absolute atomic E-state index is 14.5. The van der Waals surface area contributed by atoms with Gasteiger partial charge in [-0.3, -0.25) is 9.59 Å². The molecular weight excluding hydrogens is 742 g/mol. The van der Waals surface area contributed by atoms with Crippen molar-refractivity contribution in [3.8, 4) is 0 Å². The highest BCUT2D eigenvalue weighted by atomic mass is 19.4. The van der Waals surface area contributed by atoms with Crippen LogP contribution in [-0.4, -0.2) is 95.5 Å². The molecule has 0 heterocycles. The van der Waals surface area contributed by atoms with Crippen LogP contribution in [0.1, 0.15) is 38.5 Å². The number of rotatable bonds is 11. The SMILES string of the molecule is O=C(NCCCCCCCCNC(=O)C1(F)C(F)(F)C(F)(F)C(F)(F)C(F)(F)C1(F)F)C1(F)C(F)(F)C(F)(F)C(F)(F)C(F)(F)C1(F)F. The Hall–Kier alpha value is -2.60. The quantitative estimate of drug-likeness (QED) is 0.171. The fraction of sp³-hybridized carbons (Fsp3) is 0.909. The number of halogens is 22. The molecule has 2 saturated carbocycles. The monoisotopic (exact) mass is 760 g/mol. The van der Waals surface area contributed by atoms with E-state index in [0.717, 1.165) is 10.6 Å². The molecule has 2 amide bonds. The Kier molecular flexibility index (Phi) is 9.93. The van der Waals surface area contributed by atoms with E-state index in [9.17, 15) is 106 Å². The van der Waals surface area contributed by atoms with E-state index < -0.39 is 108 Å². The van der Waals surface area contributed by atoms with Gasteiger partial charge in [0.1, 0.15) is 0 Å². The molecular formula is C22H18F22N2O2. The summed E-state index contributed by atoms with van der Waals surface area (Å²) in [7, 11) is 0. The third kappa shape index (κ3) is 4.59. The first kappa shape index (κ1) is 41.6. The van der Waals surface area contributed by atoms with Crippen molar-refractivity contribution in [3.63, 3.8) is 0 Å². The van der Waals surface area contributed by atoms with Crippen LogP contribution >= 0.6 is 0 Å². The Balaban J connectivity index is 1.91. The van der Waals surface area contributed by atoms with Crippen LogP contribution in [0.2, 0.25) is 0 Å². The van der Waals surface area contributed by atoms with Crippen molar-refractivity contribution >= 4 is 11.8 Å². The highest BCUT2D eigenvalue weighted by Crippen LogP contribution is 2.71. The zero-order chi connectivity index (χ0) is 38.2. The molecule has 26 heteroatoms. The minimum atomic E-state index is -7.54. The summed E-state index contributed by atoms with van der Waals surface area (Å²) in [5.41, 5.74) is -13.8. The molecule has 0 spiro atoms. The highest BCUT2D eigenvalue weighted by Gasteiger charge is 3.04. The largest absolute Gasteiger partial charge is 0.384 e. The molecule has 0 aromatic carbocycles. The van der Waals surface area contributed by atoms with Crippen LogP contribution in [0, 0.1) is 0 Å². The van der Waals surface area contributed by atoms with Gasteiger partial charge in [0.15, 0.2) is 0 Å². The molecule has 2 aliphatic carbocycles. The van der Waals surface area contributed by atoms with Gasteiger partial charge in [-0.2, -0.15) is 87.8 Å². The Morgan fingerprint density at radius 2 is 0.458 bits per heavy atom. The van der Waals surface area contributed by atoms with Gasteiger partial charge in [-0.15, -0.1) is 0 Å². The number of hydrogen-bond acceptors (Lipinski definition) is 2.